The highest BCUT2D eigenvalue weighted by Crippen LogP contribution is 2.31. The molecule has 1 aromatic carbocycles. The molecule has 1 fully saturated rings. The lowest BCUT2D eigenvalue weighted by molar-refractivity contribution is 0.414. The van der Waals surface area contributed by atoms with E-state index in [2.05, 4.69) is 10.3 Å². The van der Waals surface area contributed by atoms with Crippen molar-refractivity contribution >= 4 is 0 Å². The molecule has 104 valence electrons. The van der Waals surface area contributed by atoms with Gasteiger partial charge in [0.2, 0.25) is 0 Å². The van der Waals surface area contributed by atoms with Gasteiger partial charge >= 0.3 is 0 Å². The number of rotatable bonds is 5. The topological polar surface area (TPSA) is 34.1 Å². The van der Waals surface area contributed by atoms with Crippen molar-refractivity contribution in [1.82, 2.24) is 10.3 Å². The van der Waals surface area contributed by atoms with Gasteiger partial charge in [-0.25, -0.2) is 4.39 Å². The van der Waals surface area contributed by atoms with Crippen LogP contribution in [0.1, 0.15) is 18.4 Å². The van der Waals surface area contributed by atoms with Crippen molar-refractivity contribution in [3.8, 4) is 17.0 Å². The lowest BCUT2D eigenvalue weighted by atomic mass is 10.0. The summed E-state index contributed by atoms with van der Waals surface area (Å²) in [6.45, 7) is 0.722. The molecule has 0 saturated heterocycles. The van der Waals surface area contributed by atoms with Crippen LogP contribution in [0.15, 0.2) is 36.5 Å². The maximum absolute atomic E-state index is 13.6. The summed E-state index contributed by atoms with van der Waals surface area (Å²) in [4.78, 5) is 4.34. The van der Waals surface area contributed by atoms with E-state index in [1.165, 1.54) is 25.0 Å². The number of nitrogens with zero attached hydrogens (tertiary/aromatic N) is 1. The largest absolute Gasteiger partial charge is 0.494 e. The maximum Gasteiger partial charge on any atom is 0.145 e. The molecule has 0 spiro atoms. The van der Waals surface area contributed by atoms with Crippen molar-refractivity contribution in [2.24, 2.45) is 0 Å². The van der Waals surface area contributed by atoms with Crippen LogP contribution in [0.25, 0.3) is 11.3 Å². The van der Waals surface area contributed by atoms with Crippen LogP contribution in [0.2, 0.25) is 0 Å². The van der Waals surface area contributed by atoms with Crippen molar-refractivity contribution in [1.29, 1.82) is 0 Å². The molecule has 0 radical (unpaired) electrons. The summed E-state index contributed by atoms with van der Waals surface area (Å²) < 4.78 is 18.9. The number of nitrogens with one attached hydrogen (secondary N) is 1. The van der Waals surface area contributed by atoms with Crippen molar-refractivity contribution in [3.05, 3.63) is 47.9 Å². The van der Waals surface area contributed by atoms with Crippen LogP contribution in [0.5, 0.6) is 5.75 Å². The molecule has 0 bridgehead atoms. The third-order valence-corrected chi connectivity index (χ3v) is 3.48. The quantitative estimate of drug-likeness (QED) is 0.908. The Morgan fingerprint density at radius 1 is 1.35 bits per heavy atom. The van der Waals surface area contributed by atoms with E-state index in [0.29, 0.717) is 17.5 Å². The second-order valence-electron chi connectivity index (χ2n) is 5.01. The summed E-state index contributed by atoms with van der Waals surface area (Å²) in [6.07, 6.45) is 4.15. The van der Waals surface area contributed by atoms with E-state index < -0.39 is 0 Å². The fraction of sp³-hybridized carbons (Fsp3) is 0.312. The highest BCUT2D eigenvalue weighted by molar-refractivity contribution is 5.69. The molecule has 1 heterocycles. The Balaban J connectivity index is 1.98. The Morgan fingerprint density at radius 3 is 2.95 bits per heavy atom. The first kappa shape index (κ1) is 13.1. The van der Waals surface area contributed by atoms with Gasteiger partial charge in [0.05, 0.1) is 7.11 Å². The molecule has 3 rings (SSSR count). The Labute approximate surface area is 117 Å². The molecule has 0 atom stereocenters. The second-order valence-corrected chi connectivity index (χ2v) is 5.01. The molecule has 1 saturated carbocycles. The number of aromatic nitrogens is 1. The molecule has 2 aromatic rings. The molecule has 20 heavy (non-hydrogen) atoms. The van der Waals surface area contributed by atoms with Crippen LogP contribution < -0.4 is 10.1 Å². The minimum atomic E-state index is -0.261. The van der Waals surface area contributed by atoms with Gasteiger partial charge in [-0.3, -0.25) is 4.98 Å². The minimum Gasteiger partial charge on any atom is -0.494 e. The van der Waals surface area contributed by atoms with Gasteiger partial charge in [0.1, 0.15) is 17.3 Å². The standard InChI is InChI=1S/C16H17FN2O/c1-20-15-3-2-8-18-16(15)14-9-12(17)5-4-11(14)10-19-13-6-7-13/h2-5,8-9,13,19H,6-7,10H2,1H3. The molecular weight excluding hydrogens is 255 g/mol. The lowest BCUT2D eigenvalue weighted by Crippen LogP contribution is -2.16. The van der Waals surface area contributed by atoms with E-state index in [4.69, 9.17) is 4.74 Å². The molecule has 1 N–H and O–H groups in total. The molecular formula is C16H17FN2O. The van der Waals surface area contributed by atoms with E-state index >= 15 is 0 Å². The van der Waals surface area contributed by atoms with Gasteiger partial charge in [-0.1, -0.05) is 6.07 Å². The number of benzene rings is 1. The summed E-state index contributed by atoms with van der Waals surface area (Å²) in [6, 6.07) is 9.08. The van der Waals surface area contributed by atoms with Crippen LogP contribution in [-0.4, -0.2) is 18.1 Å². The van der Waals surface area contributed by atoms with Gasteiger partial charge in [-0.05, 0) is 42.7 Å². The number of hydrogen-bond acceptors (Lipinski definition) is 3. The zero-order chi connectivity index (χ0) is 13.9. The molecule has 1 aromatic heterocycles. The number of ether oxygens (including phenoxy) is 1. The number of pyridine rings is 1. The van der Waals surface area contributed by atoms with E-state index in [9.17, 15) is 4.39 Å². The molecule has 0 aliphatic heterocycles. The average molecular weight is 272 g/mol. The van der Waals surface area contributed by atoms with Crippen molar-refractivity contribution < 1.29 is 9.13 Å². The summed E-state index contributed by atoms with van der Waals surface area (Å²) in [5.41, 5.74) is 2.51. The maximum atomic E-state index is 13.6. The Hall–Kier alpha value is -1.94. The van der Waals surface area contributed by atoms with Gasteiger partial charge in [-0.2, -0.15) is 0 Å². The minimum absolute atomic E-state index is 0.261. The highest BCUT2D eigenvalue weighted by Gasteiger charge is 2.21. The number of methoxy groups -OCH3 is 1. The summed E-state index contributed by atoms with van der Waals surface area (Å²) in [5.74, 6) is 0.397. The second kappa shape index (κ2) is 5.59. The first-order valence-corrected chi connectivity index (χ1v) is 6.79. The van der Waals surface area contributed by atoms with Gasteiger partial charge in [0.25, 0.3) is 0 Å². The Morgan fingerprint density at radius 2 is 2.20 bits per heavy atom. The molecule has 4 heteroatoms. The molecule has 1 aliphatic carbocycles. The van der Waals surface area contributed by atoms with Crippen molar-refractivity contribution in [2.75, 3.05) is 7.11 Å². The van der Waals surface area contributed by atoms with E-state index in [-0.39, 0.29) is 5.82 Å². The van der Waals surface area contributed by atoms with Crippen LogP contribution in [-0.2, 0) is 6.54 Å². The third kappa shape index (κ3) is 2.80. The van der Waals surface area contributed by atoms with Crippen LogP contribution in [0, 0.1) is 5.82 Å². The zero-order valence-corrected chi connectivity index (χ0v) is 11.4. The highest BCUT2D eigenvalue weighted by atomic mass is 19.1. The summed E-state index contributed by atoms with van der Waals surface area (Å²) in [5, 5.41) is 3.45. The van der Waals surface area contributed by atoms with E-state index in [0.717, 1.165) is 17.7 Å². The van der Waals surface area contributed by atoms with Crippen LogP contribution >= 0.6 is 0 Å². The van der Waals surface area contributed by atoms with Gasteiger partial charge in [-0.15, -0.1) is 0 Å². The summed E-state index contributed by atoms with van der Waals surface area (Å²) in [7, 11) is 1.60. The Bertz CT molecular complexity index is 611. The van der Waals surface area contributed by atoms with Gasteiger partial charge in [0.15, 0.2) is 0 Å². The van der Waals surface area contributed by atoms with E-state index in [1.54, 1.807) is 13.3 Å². The predicted octanol–water partition coefficient (Wildman–Crippen LogP) is 3.15. The van der Waals surface area contributed by atoms with E-state index in [1.807, 2.05) is 18.2 Å². The molecule has 1 aliphatic rings. The fourth-order valence-electron chi connectivity index (χ4n) is 2.22. The SMILES string of the molecule is COc1cccnc1-c1cc(F)ccc1CNC1CC1. The summed E-state index contributed by atoms with van der Waals surface area (Å²) >= 11 is 0. The molecule has 3 nitrogen and oxygen atoms in total. The lowest BCUT2D eigenvalue weighted by Gasteiger charge is -2.13. The first-order valence-electron chi connectivity index (χ1n) is 6.79. The van der Waals surface area contributed by atoms with Crippen LogP contribution in [0.4, 0.5) is 4.39 Å². The van der Waals surface area contributed by atoms with Crippen LogP contribution in [0.3, 0.4) is 0 Å². The molecule has 0 amide bonds. The van der Waals surface area contributed by atoms with Gasteiger partial charge < -0.3 is 10.1 Å². The average Bonchev–Trinajstić information content (AvgIpc) is 3.30. The normalized spacial score (nSPS) is 14.3. The number of halogens is 1. The van der Waals surface area contributed by atoms with Crippen molar-refractivity contribution in [3.63, 3.8) is 0 Å². The van der Waals surface area contributed by atoms with Gasteiger partial charge in [0, 0.05) is 24.3 Å². The number of hydrogen-bond donors (Lipinski definition) is 1. The smallest absolute Gasteiger partial charge is 0.145 e. The molecule has 0 unspecified atom stereocenters. The monoisotopic (exact) mass is 272 g/mol. The zero-order valence-electron chi connectivity index (χ0n) is 11.4. The van der Waals surface area contributed by atoms with Crippen molar-refractivity contribution in [2.45, 2.75) is 25.4 Å². The Kier molecular flexibility index (Phi) is 3.65. The first-order chi connectivity index (χ1) is 9.78. The predicted molar refractivity (Wildman–Crippen MR) is 76.0 cm³/mol. The third-order valence-electron chi connectivity index (χ3n) is 3.48. The fourth-order valence-corrected chi connectivity index (χ4v) is 2.22.